The van der Waals surface area contributed by atoms with Crippen LogP contribution in [0.4, 0.5) is 8.78 Å². The molecule has 0 spiro atoms. The van der Waals surface area contributed by atoms with E-state index < -0.39 is 45.0 Å². The third-order valence-electron chi connectivity index (χ3n) is 3.23. The molecule has 0 radical (unpaired) electrons. The van der Waals surface area contributed by atoms with E-state index in [0.717, 1.165) is 22.5 Å². The van der Waals surface area contributed by atoms with Crippen LogP contribution in [0.2, 0.25) is 0 Å². The van der Waals surface area contributed by atoms with Crippen molar-refractivity contribution in [2.75, 3.05) is 6.54 Å². The van der Waals surface area contributed by atoms with Gasteiger partial charge in [-0.1, -0.05) is 6.07 Å². The SMILES string of the molecule is O=C(O)C1CCCN1S(=O)(=O)Cc1c(F)cccc1F. The molecule has 1 aliphatic heterocycles. The molecule has 0 aromatic heterocycles. The number of carboxylic acids is 1. The number of halogens is 2. The summed E-state index contributed by atoms with van der Waals surface area (Å²) in [6, 6.07) is 1.91. The predicted octanol–water partition coefficient (Wildman–Crippen LogP) is 1.34. The van der Waals surface area contributed by atoms with Crippen LogP contribution in [0, 0.1) is 11.6 Å². The molecule has 1 fully saturated rings. The van der Waals surface area contributed by atoms with Crippen LogP contribution in [0.15, 0.2) is 18.2 Å². The van der Waals surface area contributed by atoms with Crippen LogP contribution < -0.4 is 0 Å². The van der Waals surface area contributed by atoms with Crippen LogP contribution in [-0.2, 0) is 20.6 Å². The van der Waals surface area contributed by atoms with Crippen molar-refractivity contribution in [3.63, 3.8) is 0 Å². The van der Waals surface area contributed by atoms with Crippen LogP contribution >= 0.6 is 0 Å². The monoisotopic (exact) mass is 305 g/mol. The first-order valence-electron chi connectivity index (χ1n) is 5.98. The van der Waals surface area contributed by atoms with E-state index in [4.69, 9.17) is 5.11 Å². The highest BCUT2D eigenvalue weighted by Gasteiger charge is 2.39. The average molecular weight is 305 g/mol. The number of hydrogen-bond acceptors (Lipinski definition) is 3. The van der Waals surface area contributed by atoms with Gasteiger partial charge < -0.3 is 5.11 Å². The van der Waals surface area contributed by atoms with Crippen LogP contribution in [0.3, 0.4) is 0 Å². The second kappa shape index (κ2) is 5.45. The van der Waals surface area contributed by atoms with Gasteiger partial charge in [-0.3, -0.25) is 4.79 Å². The maximum atomic E-state index is 13.5. The molecule has 8 heteroatoms. The molecule has 1 atom stereocenters. The Kier molecular flexibility index (Phi) is 4.05. The van der Waals surface area contributed by atoms with Gasteiger partial charge >= 0.3 is 5.97 Å². The molecule has 1 aromatic carbocycles. The molecule has 0 bridgehead atoms. The van der Waals surface area contributed by atoms with E-state index in [0.29, 0.717) is 6.42 Å². The quantitative estimate of drug-likeness (QED) is 0.911. The molecular weight excluding hydrogens is 292 g/mol. The first-order chi connectivity index (χ1) is 9.33. The van der Waals surface area contributed by atoms with E-state index in [9.17, 15) is 22.0 Å². The molecule has 1 heterocycles. The van der Waals surface area contributed by atoms with Crippen molar-refractivity contribution in [2.45, 2.75) is 24.6 Å². The topological polar surface area (TPSA) is 74.7 Å². The maximum Gasteiger partial charge on any atom is 0.322 e. The van der Waals surface area contributed by atoms with Gasteiger partial charge in [0.25, 0.3) is 0 Å². The van der Waals surface area contributed by atoms with Crippen molar-refractivity contribution in [1.29, 1.82) is 0 Å². The van der Waals surface area contributed by atoms with Gasteiger partial charge in [-0.05, 0) is 25.0 Å². The molecule has 0 amide bonds. The number of aliphatic carboxylic acids is 1. The fourth-order valence-corrected chi connectivity index (χ4v) is 4.05. The molecule has 1 aromatic rings. The Hall–Kier alpha value is -1.54. The largest absolute Gasteiger partial charge is 0.480 e. The highest BCUT2D eigenvalue weighted by molar-refractivity contribution is 7.88. The lowest BCUT2D eigenvalue weighted by molar-refractivity contribution is -0.140. The van der Waals surface area contributed by atoms with E-state index in [1.807, 2.05) is 0 Å². The van der Waals surface area contributed by atoms with Crippen LogP contribution in [0.1, 0.15) is 18.4 Å². The van der Waals surface area contributed by atoms with E-state index in [-0.39, 0.29) is 13.0 Å². The van der Waals surface area contributed by atoms with E-state index in [1.54, 1.807) is 0 Å². The second-order valence-electron chi connectivity index (χ2n) is 4.56. The van der Waals surface area contributed by atoms with Gasteiger partial charge in [0, 0.05) is 12.1 Å². The van der Waals surface area contributed by atoms with Crippen molar-refractivity contribution < 1.29 is 27.1 Å². The maximum absolute atomic E-state index is 13.5. The summed E-state index contributed by atoms with van der Waals surface area (Å²) in [5.74, 6) is -4.05. The summed E-state index contributed by atoms with van der Waals surface area (Å²) in [7, 11) is -4.08. The van der Waals surface area contributed by atoms with Crippen molar-refractivity contribution in [3.05, 3.63) is 35.4 Å². The number of rotatable bonds is 4. The molecular formula is C12H13F2NO4S. The highest BCUT2D eigenvalue weighted by atomic mass is 32.2. The van der Waals surface area contributed by atoms with E-state index in [1.165, 1.54) is 0 Å². The molecule has 20 heavy (non-hydrogen) atoms. The smallest absolute Gasteiger partial charge is 0.322 e. The fraction of sp³-hybridized carbons (Fsp3) is 0.417. The normalized spacial score (nSPS) is 20.2. The zero-order chi connectivity index (χ0) is 14.9. The van der Waals surface area contributed by atoms with Crippen molar-refractivity contribution in [1.82, 2.24) is 4.31 Å². The summed E-state index contributed by atoms with van der Waals surface area (Å²) >= 11 is 0. The van der Waals surface area contributed by atoms with Crippen molar-refractivity contribution in [2.24, 2.45) is 0 Å². The third kappa shape index (κ3) is 2.80. The zero-order valence-corrected chi connectivity index (χ0v) is 11.2. The number of carboxylic acid groups (broad SMARTS) is 1. The van der Waals surface area contributed by atoms with E-state index >= 15 is 0 Å². The molecule has 0 aliphatic carbocycles. The predicted molar refractivity (Wildman–Crippen MR) is 66.3 cm³/mol. The summed E-state index contributed by atoms with van der Waals surface area (Å²) in [6.07, 6.45) is 0.615. The number of nitrogens with zero attached hydrogens (tertiary/aromatic N) is 1. The van der Waals surface area contributed by atoms with Crippen molar-refractivity contribution >= 4 is 16.0 Å². The Morgan fingerprint density at radius 2 is 1.95 bits per heavy atom. The molecule has 1 aliphatic rings. The molecule has 2 rings (SSSR count). The molecule has 5 nitrogen and oxygen atoms in total. The summed E-state index contributed by atoms with van der Waals surface area (Å²) < 4.78 is 52.1. The number of sulfonamides is 1. The van der Waals surface area contributed by atoms with Gasteiger partial charge in [-0.25, -0.2) is 17.2 Å². The summed E-state index contributed by atoms with van der Waals surface area (Å²) in [5, 5.41) is 8.97. The minimum absolute atomic E-state index is 0.0510. The molecule has 110 valence electrons. The van der Waals surface area contributed by atoms with E-state index in [2.05, 4.69) is 0 Å². The summed E-state index contributed by atoms with van der Waals surface area (Å²) in [5.41, 5.74) is -0.566. The fourth-order valence-electron chi connectivity index (χ4n) is 2.26. The molecule has 1 saturated heterocycles. The molecule has 1 N–H and O–H groups in total. The summed E-state index contributed by atoms with van der Waals surface area (Å²) in [4.78, 5) is 11.0. The summed E-state index contributed by atoms with van der Waals surface area (Å²) in [6.45, 7) is 0.0510. The lowest BCUT2D eigenvalue weighted by Gasteiger charge is -2.21. The Bertz CT molecular complexity index is 612. The average Bonchev–Trinajstić information content (AvgIpc) is 2.84. The third-order valence-corrected chi connectivity index (χ3v) is 5.04. The minimum Gasteiger partial charge on any atom is -0.480 e. The first kappa shape index (κ1) is 14.9. The lowest BCUT2D eigenvalue weighted by atomic mass is 10.2. The van der Waals surface area contributed by atoms with Gasteiger partial charge in [-0.2, -0.15) is 4.31 Å². The van der Waals surface area contributed by atoms with Gasteiger partial charge in [0.05, 0.1) is 5.75 Å². The van der Waals surface area contributed by atoms with Crippen molar-refractivity contribution in [3.8, 4) is 0 Å². The van der Waals surface area contributed by atoms with Crippen LogP contribution in [0.25, 0.3) is 0 Å². The number of carbonyl (C=O) groups is 1. The molecule has 0 saturated carbocycles. The zero-order valence-electron chi connectivity index (χ0n) is 10.4. The Morgan fingerprint density at radius 1 is 1.35 bits per heavy atom. The second-order valence-corrected chi connectivity index (χ2v) is 6.48. The van der Waals surface area contributed by atoms with Gasteiger partial charge in [0.1, 0.15) is 17.7 Å². The first-order valence-corrected chi connectivity index (χ1v) is 7.59. The Balaban J connectivity index is 2.30. The Labute approximate surface area is 114 Å². The van der Waals surface area contributed by atoms with Gasteiger partial charge in [0.2, 0.25) is 10.0 Å². The standard InChI is InChI=1S/C12H13F2NO4S/c13-9-3-1-4-10(14)8(9)7-20(18,19)15-6-2-5-11(15)12(16)17/h1,3-4,11H,2,5-7H2,(H,16,17). The Morgan fingerprint density at radius 3 is 2.50 bits per heavy atom. The van der Waals surface area contributed by atoms with Gasteiger partial charge in [0.15, 0.2) is 0 Å². The minimum atomic E-state index is -4.08. The number of benzene rings is 1. The van der Waals surface area contributed by atoms with Crippen LogP contribution in [-0.4, -0.2) is 36.4 Å². The lowest BCUT2D eigenvalue weighted by Crippen LogP contribution is -2.41. The van der Waals surface area contributed by atoms with Gasteiger partial charge in [-0.15, -0.1) is 0 Å². The van der Waals surface area contributed by atoms with Crippen LogP contribution in [0.5, 0.6) is 0 Å². The number of hydrogen-bond donors (Lipinski definition) is 1. The highest BCUT2D eigenvalue weighted by Crippen LogP contribution is 2.25. The molecule has 1 unspecified atom stereocenters.